The number of nitrogens with zero attached hydrogens (tertiary/aromatic N) is 2. The zero-order valence-corrected chi connectivity index (χ0v) is 21.9. The van der Waals surface area contributed by atoms with Crippen molar-refractivity contribution in [2.24, 2.45) is 0 Å². The van der Waals surface area contributed by atoms with Gasteiger partial charge in [-0.1, -0.05) is 30.3 Å². The van der Waals surface area contributed by atoms with Crippen LogP contribution in [-0.4, -0.2) is 52.9 Å². The number of hydrogen-bond acceptors (Lipinski definition) is 6. The Bertz CT molecular complexity index is 1320. The summed E-state index contributed by atoms with van der Waals surface area (Å²) < 4.78 is 65.1. The van der Waals surface area contributed by atoms with Crippen molar-refractivity contribution < 1.29 is 32.1 Å². The molecule has 3 aliphatic rings. The van der Waals surface area contributed by atoms with E-state index in [1.165, 1.54) is 15.4 Å². The van der Waals surface area contributed by atoms with E-state index in [1.54, 1.807) is 45.2 Å². The Morgan fingerprint density at radius 2 is 1.78 bits per heavy atom. The summed E-state index contributed by atoms with van der Waals surface area (Å²) in [5, 5.41) is 19.8. The molecule has 5 rings (SSSR count). The average molecular weight is 535 g/mol. The highest BCUT2D eigenvalue weighted by atomic mass is 32.2. The van der Waals surface area contributed by atoms with Gasteiger partial charge in [-0.2, -0.15) is 4.31 Å². The predicted molar refractivity (Wildman–Crippen MR) is 133 cm³/mol. The first-order chi connectivity index (χ1) is 17.3. The molecule has 37 heavy (non-hydrogen) atoms. The third-order valence-electron chi connectivity index (χ3n) is 7.91. The molecule has 3 atom stereocenters. The Balaban J connectivity index is 1.48. The Morgan fingerprint density at radius 1 is 1.11 bits per heavy atom. The normalized spacial score (nSPS) is 33.5. The minimum absolute atomic E-state index is 0.00531. The van der Waals surface area contributed by atoms with E-state index in [4.69, 9.17) is 4.74 Å². The number of halogens is 2. The van der Waals surface area contributed by atoms with Crippen molar-refractivity contribution in [2.45, 2.75) is 74.8 Å². The molecular formula is C27H32F2N2O5S. The average Bonchev–Trinajstić information content (AvgIpc) is 3.15. The molecule has 2 aromatic carbocycles. The van der Waals surface area contributed by atoms with Gasteiger partial charge < -0.3 is 19.8 Å². The predicted octanol–water partition coefficient (Wildman–Crippen LogP) is 3.88. The van der Waals surface area contributed by atoms with Gasteiger partial charge in [0.1, 0.15) is 22.6 Å². The van der Waals surface area contributed by atoms with Gasteiger partial charge >= 0.3 is 0 Å². The lowest BCUT2D eigenvalue weighted by Crippen LogP contribution is -2.54. The van der Waals surface area contributed by atoms with Crippen molar-refractivity contribution in [2.75, 3.05) is 7.05 Å². The molecular weight excluding hydrogens is 502 g/mol. The summed E-state index contributed by atoms with van der Waals surface area (Å²) in [6.07, 6.45) is 1.49. The molecule has 2 aliphatic heterocycles. The van der Waals surface area contributed by atoms with Gasteiger partial charge in [-0.15, -0.1) is 0 Å². The van der Waals surface area contributed by atoms with Gasteiger partial charge in [-0.3, -0.25) is 0 Å². The van der Waals surface area contributed by atoms with Crippen molar-refractivity contribution in [1.29, 1.82) is 0 Å². The Labute approximate surface area is 216 Å². The van der Waals surface area contributed by atoms with Crippen LogP contribution in [0.25, 0.3) is 0 Å². The highest BCUT2D eigenvalue weighted by Crippen LogP contribution is 2.56. The van der Waals surface area contributed by atoms with Crippen molar-refractivity contribution in [3.63, 3.8) is 0 Å². The smallest absolute Gasteiger partial charge is 0.280 e. The fraction of sp³-hybridized carbons (Fsp3) is 0.481. The van der Waals surface area contributed by atoms with Crippen molar-refractivity contribution >= 4 is 10.0 Å². The fourth-order valence-corrected chi connectivity index (χ4v) is 8.24. The van der Waals surface area contributed by atoms with Gasteiger partial charge in [0.25, 0.3) is 6.41 Å². The van der Waals surface area contributed by atoms with Crippen LogP contribution in [0.2, 0.25) is 0 Å². The summed E-state index contributed by atoms with van der Waals surface area (Å²) in [5.41, 5.74) is -1.64. The molecule has 1 unspecified atom stereocenters. The number of allylic oxidation sites excluding steroid dienone is 1. The summed E-state index contributed by atoms with van der Waals surface area (Å²) in [4.78, 5) is 1.40. The molecule has 2 heterocycles. The molecule has 0 radical (unpaired) electrons. The van der Waals surface area contributed by atoms with E-state index in [0.717, 1.165) is 12.1 Å². The molecule has 1 saturated carbocycles. The van der Waals surface area contributed by atoms with Crippen LogP contribution >= 0.6 is 0 Å². The van der Waals surface area contributed by atoms with Crippen molar-refractivity contribution in [3.05, 3.63) is 82.7 Å². The fourth-order valence-electron chi connectivity index (χ4n) is 6.05. The van der Waals surface area contributed by atoms with E-state index in [2.05, 4.69) is 0 Å². The molecule has 10 heteroatoms. The second-order valence-corrected chi connectivity index (χ2v) is 12.9. The Kier molecular flexibility index (Phi) is 6.38. The van der Waals surface area contributed by atoms with Crippen molar-refractivity contribution in [1.82, 2.24) is 9.21 Å². The minimum atomic E-state index is -3.82. The molecule has 1 aliphatic carbocycles. The second kappa shape index (κ2) is 9.04. The standard InChI is InChI=1S/C27H32F2N2O5S/c1-17-9-10-23(18-7-5-4-6-8-18)37(34,35)31(17)13-19-11-22(29)20(12-21(19)28)27(15-26(2,33)16-27)24-14-30(3)25(32)36-24/h4-8,11-12,14,17,23,25,32-33H,9-10,13,15-16H2,1-3H3/t17-,23+,25?,26-,27-/m0/s1. The zero-order valence-electron chi connectivity index (χ0n) is 21.1. The van der Waals surface area contributed by atoms with E-state index in [-0.39, 0.29) is 42.3 Å². The van der Waals surface area contributed by atoms with Gasteiger partial charge in [0.2, 0.25) is 10.0 Å². The monoisotopic (exact) mass is 534 g/mol. The molecule has 2 fully saturated rings. The maximum Gasteiger partial charge on any atom is 0.280 e. The van der Waals surface area contributed by atoms with Crippen molar-refractivity contribution in [3.8, 4) is 0 Å². The molecule has 7 nitrogen and oxygen atoms in total. The van der Waals surface area contributed by atoms with Crippen LogP contribution in [0.3, 0.4) is 0 Å². The van der Waals surface area contributed by atoms with Crippen LogP contribution in [0, 0.1) is 11.6 Å². The first kappa shape index (κ1) is 26.1. The third kappa shape index (κ3) is 4.43. The number of aliphatic hydroxyl groups is 2. The Morgan fingerprint density at radius 3 is 2.38 bits per heavy atom. The SMILES string of the molecule is C[C@H]1CC[C@H](c2ccccc2)S(=O)(=O)N1Cc1cc(F)c([C@]2(C3=CN(C)C(O)O3)C[C@](C)(O)C2)cc1F. The first-order valence-corrected chi connectivity index (χ1v) is 13.9. The number of hydrogen-bond donors (Lipinski definition) is 2. The molecule has 0 bridgehead atoms. The molecule has 2 N–H and O–H groups in total. The highest BCUT2D eigenvalue weighted by molar-refractivity contribution is 7.89. The molecule has 0 aromatic heterocycles. The molecule has 200 valence electrons. The summed E-state index contributed by atoms with van der Waals surface area (Å²) >= 11 is 0. The summed E-state index contributed by atoms with van der Waals surface area (Å²) in [5.74, 6) is -1.21. The zero-order chi connectivity index (χ0) is 26.8. The van der Waals surface area contributed by atoms with Crippen LogP contribution in [0.5, 0.6) is 0 Å². The number of aliphatic hydroxyl groups excluding tert-OH is 1. The second-order valence-electron chi connectivity index (χ2n) is 10.9. The maximum atomic E-state index is 15.7. The number of benzene rings is 2. The highest BCUT2D eigenvalue weighted by Gasteiger charge is 2.58. The van der Waals surface area contributed by atoms with Gasteiger partial charge in [-0.25, -0.2) is 17.2 Å². The van der Waals surface area contributed by atoms with Crippen LogP contribution in [-0.2, 0) is 26.7 Å². The van der Waals surface area contributed by atoms with E-state index in [9.17, 15) is 18.6 Å². The third-order valence-corrected chi connectivity index (χ3v) is 10.3. The Hall–Kier alpha value is -2.53. The lowest BCUT2D eigenvalue weighted by Gasteiger charge is -2.52. The molecule has 0 amide bonds. The van der Waals surface area contributed by atoms with E-state index >= 15 is 8.78 Å². The van der Waals surface area contributed by atoms with Crippen LogP contribution in [0.15, 0.2) is 54.4 Å². The maximum absolute atomic E-state index is 15.7. The van der Waals surface area contributed by atoms with Gasteiger partial charge in [0, 0.05) is 37.0 Å². The lowest BCUT2D eigenvalue weighted by molar-refractivity contribution is -0.144. The molecule has 0 spiro atoms. The number of sulfonamides is 1. The summed E-state index contributed by atoms with van der Waals surface area (Å²) in [6, 6.07) is 10.7. The minimum Gasteiger partial charge on any atom is -0.449 e. The molecule has 1 saturated heterocycles. The van der Waals surface area contributed by atoms with E-state index in [1.807, 2.05) is 6.07 Å². The summed E-state index contributed by atoms with van der Waals surface area (Å²) in [6.45, 7) is 3.09. The molecule has 2 aromatic rings. The number of rotatable bonds is 5. The first-order valence-electron chi connectivity index (χ1n) is 12.4. The number of ether oxygens (including phenoxy) is 1. The van der Waals surface area contributed by atoms with E-state index < -0.39 is 44.3 Å². The van der Waals surface area contributed by atoms with Crippen LogP contribution < -0.4 is 0 Å². The topological polar surface area (TPSA) is 90.3 Å². The van der Waals surface area contributed by atoms with Gasteiger partial charge in [0.05, 0.1) is 11.0 Å². The van der Waals surface area contributed by atoms with Crippen LogP contribution in [0.4, 0.5) is 8.78 Å². The largest absolute Gasteiger partial charge is 0.449 e. The lowest BCUT2D eigenvalue weighted by atomic mass is 9.55. The van der Waals surface area contributed by atoms with Gasteiger partial charge in [0.15, 0.2) is 0 Å². The van der Waals surface area contributed by atoms with E-state index in [0.29, 0.717) is 18.4 Å². The quantitative estimate of drug-likeness (QED) is 0.605. The van der Waals surface area contributed by atoms with Gasteiger partial charge in [-0.05, 0) is 57.2 Å². The summed E-state index contributed by atoms with van der Waals surface area (Å²) in [7, 11) is -2.23. The van der Waals surface area contributed by atoms with Crippen LogP contribution in [0.1, 0.15) is 61.5 Å².